The topological polar surface area (TPSA) is 37.3 Å². The summed E-state index contributed by atoms with van der Waals surface area (Å²) in [6, 6.07) is 0. The lowest BCUT2D eigenvalue weighted by Crippen LogP contribution is -2.03. The Morgan fingerprint density at radius 1 is 0.333 bits per heavy atom. The van der Waals surface area contributed by atoms with Crippen LogP contribution in [0.2, 0.25) is 0 Å². The monoisotopic (exact) mass is 605 g/mol. The van der Waals surface area contributed by atoms with Gasteiger partial charge >= 0.3 is 5.97 Å². The first-order chi connectivity index (χ1) is 19.5. The van der Waals surface area contributed by atoms with Crippen LogP contribution < -0.4 is 0 Å². The number of aliphatic carboxylic acids is 1. The van der Waals surface area contributed by atoms with Crippen molar-refractivity contribution in [1.82, 2.24) is 0 Å². The van der Waals surface area contributed by atoms with Crippen molar-refractivity contribution in [3.63, 3.8) is 0 Å². The van der Waals surface area contributed by atoms with E-state index in [2.05, 4.69) is 125 Å². The normalized spacial score (nSPS) is 9.88. The SMILES string of the molecule is CC(C)C(=O)O.CCC(C)CC.CCC(C)CC.CCC(C)CC.CCC(C)CC.CCC(C)CC.CCC(C)CC. The van der Waals surface area contributed by atoms with Crippen molar-refractivity contribution >= 4 is 5.97 Å². The minimum absolute atomic E-state index is 0.231. The molecule has 0 rings (SSSR count). The van der Waals surface area contributed by atoms with Gasteiger partial charge in [-0.3, -0.25) is 4.79 Å². The molecule has 0 heterocycles. The molecule has 0 saturated heterocycles. The van der Waals surface area contributed by atoms with Crippen LogP contribution in [0.1, 0.15) is 216 Å². The third-order valence-electron chi connectivity index (χ3n) is 8.86. The van der Waals surface area contributed by atoms with Crippen LogP contribution >= 0.6 is 0 Å². The van der Waals surface area contributed by atoms with Gasteiger partial charge in [0.1, 0.15) is 0 Å². The largest absolute Gasteiger partial charge is 0.481 e. The quantitative estimate of drug-likeness (QED) is 0.227. The Bertz CT molecular complexity index is 316. The van der Waals surface area contributed by atoms with Crippen molar-refractivity contribution in [2.45, 2.75) is 216 Å². The van der Waals surface area contributed by atoms with Gasteiger partial charge in [0.2, 0.25) is 0 Å². The van der Waals surface area contributed by atoms with Crippen LogP contribution in [-0.2, 0) is 4.79 Å². The molecule has 0 saturated carbocycles. The standard InChI is InChI=1S/6C6H14.C4H8O2/c6*1-4-6(3)5-2;1-3(2)4(5)6/h6*6H,4-5H2,1-3H3;3H,1-2H3,(H,5,6). The van der Waals surface area contributed by atoms with E-state index in [9.17, 15) is 4.79 Å². The lowest BCUT2D eigenvalue weighted by Gasteiger charge is -1.98. The molecule has 0 aromatic heterocycles. The van der Waals surface area contributed by atoms with Crippen LogP contribution in [0.3, 0.4) is 0 Å². The van der Waals surface area contributed by atoms with Gasteiger partial charge in [0.25, 0.3) is 0 Å². The molecule has 0 unspecified atom stereocenters. The van der Waals surface area contributed by atoms with Crippen molar-refractivity contribution in [2.75, 3.05) is 0 Å². The predicted molar refractivity (Wildman–Crippen MR) is 201 cm³/mol. The highest BCUT2D eigenvalue weighted by molar-refractivity contribution is 5.68. The Morgan fingerprint density at radius 3 is 0.405 bits per heavy atom. The first-order valence-electron chi connectivity index (χ1n) is 18.7. The van der Waals surface area contributed by atoms with E-state index in [1.54, 1.807) is 13.8 Å². The van der Waals surface area contributed by atoms with Crippen molar-refractivity contribution in [3.8, 4) is 0 Å². The Kier molecular flexibility index (Phi) is 68.2. The molecule has 264 valence electrons. The number of carbonyl (C=O) groups is 1. The summed E-state index contributed by atoms with van der Waals surface area (Å²) in [6.45, 7) is 43.7. The molecule has 1 N–H and O–H groups in total. The number of carboxylic acid groups (broad SMARTS) is 1. The van der Waals surface area contributed by atoms with Gasteiger partial charge in [-0.2, -0.15) is 0 Å². The molecule has 2 heteroatoms. The van der Waals surface area contributed by atoms with Gasteiger partial charge in [0, 0.05) is 0 Å². The maximum atomic E-state index is 9.70. The van der Waals surface area contributed by atoms with Gasteiger partial charge in [-0.15, -0.1) is 0 Å². The molecule has 0 aliphatic carbocycles. The zero-order chi connectivity index (χ0) is 35.1. The van der Waals surface area contributed by atoms with Gasteiger partial charge in [0.15, 0.2) is 0 Å². The van der Waals surface area contributed by atoms with Gasteiger partial charge < -0.3 is 5.11 Å². The highest BCUT2D eigenvalue weighted by atomic mass is 16.4. The van der Waals surface area contributed by atoms with Crippen LogP contribution in [0.25, 0.3) is 0 Å². The Morgan fingerprint density at radius 2 is 0.405 bits per heavy atom. The average Bonchev–Trinajstić information content (AvgIpc) is 3.03. The third kappa shape index (κ3) is 77.4. The lowest BCUT2D eigenvalue weighted by atomic mass is 10.1. The van der Waals surface area contributed by atoms with E-state index in [1.165, 1.54) is 77.0 Å². The van der Waals surface area contributed by atoms with Crippen molar-refractivity contribution in [1.29, 1.82) is 0 Å². The number of hydrogen-bond acceptors (Lipinski definition) is 1. The van der Waals surface area contributed by atoms with Gasteiger partial charge in [-0.25, -0.2) is 0 Å². The smallest absolute Gasteiger partial charge is 0.305 e. The zero-order valence-corrected chi connectivity index (χ0v) is 33.9. The number of carboxylic acids is 1. The Balaban J connectivity index is -0.0000000681. The fraction of sp³-hybridized carbons (Fsp3) is 0.975. The summed E-state index contributed by atoms with van der Waals surface area (Å²) >= 11 is 0. The molecule has 0 aliphatic rings. The number of rotatable bonds is 13. The summed E-state index contributed by atoms with van der Waals surface area (Å²) < 4.78 is 0. The van der Waals surface area contributed by atoms with E-state index >= 15 is 0 Å². The Labute approximate surface area is 272 Å². The van der Waals surface area contributed by atoms with Crippen LogP contribution in [0.5, 0.6) is 0 Å². The summed E-state index contributed by atoms with van der Waals surface area (Å²) in [5.41, 5.74) is 0. The molecule has 0 aromatic carbocycles. The van der Waals surface area contributed by atoms with E-state index in [4.69, 9.17) is 5.11 Å². The Hall–Kier alpha value is -0.530. The second-order valence-corrected chi connectivity index (χ2v) is 13.0. The third-order valence-corrected chi connectivity index (χ3v) is 8.86. The highest BCUT2D eigenvalue weighted by Gasteiger charge is 1.99. The van der Waals surface area contributed by atoms with Crippen LogP contribution in [0.4, 0.5) is 0 Å². The van der Waals surface area contributed by atoms with E-state index < -0.39 is 5.97 Å². The second-order valence-electron chi connectivity index (χ2n) is 13.0. The molecule has 0 radical (unpaired) electrons. The van der Waals surface area contributed by atoms with E-state index in [1.807, 2.05) is 0 Å². The molecule has 0 bridgehead atoms. The van der Waals surface area contributed by atoms with E-state index in [0.29, 0.717) is 0 Å². The molecule has 0 aliphatic heterocycles. The predicted octanol–water partition coefficient (Wildman–Crippen LogP) is 15.4. The minimum atomic E-state index is -0.741. The first kappa shape index (κ1) is 57.2. The molecule has 42 heavy (non-hydrogen) atoms. The summed E-state index contributed by atoms with van der Waals surface area (Å²) in [7, 11) is 0. The summed E-state index contributed by atoms with van der Waals surface area (Å²) in [6.07, 6.45) is 16.0. The molecular formula is C40H92O2. The second kappa shape index (κ2) is 50.1. The van der Waals surface area contributed by atoms with Crippen LogP contribution in [-0.4, -0.2) is 11.1 Å². The first-order valence-corrected chi connectivity index (χ1v) is 18.7. The molecule has 0 atom stereocenters. The number of hydrogen-bond donors (Lipinski definition) is 1. The van der Waals surface area contributed by atoms with Crippen molar-refractivity contribution in [3.05, 3.63) is 0 Å². The molecule has 0 aromatic rings. The van der Waals surface area contributed by atoms with Gasteiger partial charge in [-0.1, -0.05) is 216 Å². The minimum Gasteiger partial charge on any atom is -0.481 e. The zero-order valence-electron chi connectivity index (χ0n) is 33.9. The summed E-state index contributed by atoms with van der Waals surface area (Å²) in [4.78, 5) is 9.70. The maximum absolute atomic E-state index is 9.70. The lowest BCUT2D eigenvalue weighted by molar-refractivity contribution is -0.140. The van der Waals surface area contributed by atoms with Gasteiger partial charge in [-0.05, 0) is 35.5 Å². The molecule has 0 spiro atoms. The van der Waals surface area contributed by atoms with Crippen LogP contribution in [0.15, 0.2) is 0 Å². The van der Waals surface area contributed by atoms with Crippen LogP contribution in [0, 0.1) is 41.4 Å². The molecule has 0 fully saturated rings. The summed E-state index contributed by atoms with van der Waals surface area (Å²) in [5, 5.41) is 7.99. The van der Waals surface area contributed by atoms with Crippen molar-refractivity contribution < 1.29 is 9.90 Å². The van der Waals surface area contributed by atoms with E-state index in [-0.39, 0.29) is 5.92 Å². The maximum Gasteiger partial charge on any atom is 0.305 e. The fourth-order valence-corrected chi connectivity index (χ4v) is 1.73. The van der Waals surface area contributed by atoms with E-state index in [0.717, 1.165) is 35.5 Å². The van der Waals surface area contributed by atoms with Gasteiger partial charge in [0.05, 0.1) is 5.92 Å². The average molecular weight is 605 g/mol. The molecular weight excluding hydrogens is 512 g/mol. The molecule has 2 nitrogen and oxygen atoms in total. The van der Waals surface area contributed by atoms with Crippen molar-refractivity contribution in [2.24, 2.45) is 41.4 Å². The summed E-state index contributed by atoms with van der Waals surface area (Å²) in [5.74, 6) is 4.64. The molecule has 0 amide bonds. The fourth-order valence-electron chi connectivity index (χ4n) is 1.73. The highest BCUT2D eigenvalue weighted by Crippen LogP contribution is 2.05.